The van der Waals surface area contributed by atoms with E-state index in [9.17, 15) is 9.59 Å². The average Bonchev–Trinajstić information content (AvgIpc) is 2.91. The normalized spacial score (nSPS) is 12.5. The van der Waals surface area contributed by atoms with E-state index in [0.717, 1.165) is 36.7 Å². The van der Waals surface area contributed by atoms with Crippen molar-refractivity contribution in [1.82, 2.24) is 15.1 Å². The minimum Gasteiger partial charge on any atom is -0.368 e. The summed E-state index contributed by atoms with van der Waals surface area (Å²) in [6.45, 7) is 6.61. The molecule has 0 spiro atoms. The van der Waals surface area contributed by atoms with Crippen LogP contribution in [0.4, 0.5) is 0 Å². The van der Waals surface area contributed by atoms with Crippen molar-refractivity contribution >= 4 is 22.7 Å². The summed E-state index contributed by atoms with van der Waals surface area (Å²) in [5.74, 6) is -0.979. The molecule has 0 fully saturated rings. The van der Waals surface area contributed by atoms with E-state index in [2.05, 4.69) is 17.3 Å². The van der Waals surface area contributed by atoms with Gasteiger partial charge in [-0.2, -0.15) is 5.10 Å². The van der Waals surface area contributed by atoms with Gasteiger partial charge in [-0.1, -0.05) is 51.8 Å². The van der Waals surface area contributed by atoms with Crippen LogP contribution in [0.3, 0.4) is 0 Å². The smallest absolute Gasteiger partial charge is 0.273 e. The molecular weight excluding hydrogens is 304 g/mol. The quantitative estimate of drug-likeness (QED) is 0.729. The number of carbonyl (C=O) groups excluding carboxylic acids is 2. The van der Waals surface area contributed by atoms with Gasteiger partial charge in [-0.3, -0.25) is 14.3 Å². The predicted molar refractivity (Wildman–Crippen MR) is 94.5 cm³/mol. The average molecular weight is 330 g/mol. The summed E-state index contributed by atoms with van der Waals surface area (Å²) < 4.78 is 1.87. The maximum atomic E-state index is 12.6. The van der Waals surface area contributed by atoms with Crippen LogP contribution in [-0.4, -0.2) is 27.6 Å². The molecular formula is C18H26N4O2. The van der Waals surface area contributed by atoms with E-state index in [1.54, 1.807) is 0 Å². The Balaban J connectivity index is 2.30. The number of benzene rings is 1. The van der Waals surface area contributed by atoms with Crippen molar-refractivity contribution in [3.8, 4) is 0 Å². The molecule has 6 heteroatoms. The number of amides is 2. The highest BCUT2D eigenvalue weighted by atomic mass is 16.2. The number of rotatable bonds is 8. The van der Waals surface area contributed by atoms with Crippen molar-refractivity contribution in [2.24, 2.45) is 11.7 Å². The van der Waals surface area contributed by atoms with Crippen LogP contribution in [0.15, 0.2) is 24.3 Å². The maximum absolute atomic E-state index is 12.6. The molecule has 0 saturated carbocycles. The number of hydrogen-bond donors (Lipinski definition) is 2. The summed E-state index contributed by atoms with van der Waals surface area (Å²) in [4.78, 5) is 24.2. The SMILES string of the molecule is CCCCCn1nc(C(=O)NC(C(N)=O)C(C)C)c2ccccc21. The van der Waals surface area contributed by atoms with Gasteiger partial charge in [0.15, 0.2) is 5.69 Å². The number of unbranched alkanes of at least 4 members (excludes halogenated alkanes) is 2. The van der Waals surface area contributed by atoms with Gasteiger partial charge in [-0.15, -0.1) is 0 Å². The second-order valence-corrected chi connectivity index (χ2v) is 6.39. The molecule has 0 aliphatic carbocycles. The third kappa shape index (κ3) is 3.93. The topological polar surface area (TPSA) is 90.0 Å². The molecule has 0 radical (unpaired) electrons. The number of aryl methyl sites for hydroxylation is 1. The minimum atomic E-state index is -0.707. The molecule has 6 nitrogen and oxygen atoms in total. The van der Waals surface area contributed by atoms with Gasteiger partial charge in [-0.05, 0) is 18.4 Å². The molecule has 3 N–H and O–H groups in total. The van der Waals surface area contributed by atoms with E-state index in [0.29, 0.717) is 5.69 Å². The van der Waals surface area contributed by atoms with E-state index in [-0.39, 0.29) is 11.8 Å². The van der Waals surface area contributed by atoms with E-state index in [1.165, 1.54) is 0 Å². The lowest BCUT2D eigenvalue weighted by atomic mass is 10.0. The largest absolute Gasteiger partial charge is 0.368 e. The number of hydrogen-bond acceptors (Lipinski definition) is 3. The van der Waals surface area contributed by atoms with Crippen LogP contribution in [0, 0.1) is 5.92 Å². The molecule has 1 unspecified atom stereocenters. The number of fused-ring (bicyclic) bond motifs is 1. The van der Waals surface area contributed by atoms with E-state index in [1.807, 2.05) is 42.8 Å². The number of para-hydroxylation sites is 1. The van der Waals surface area contributed by atoms with Gasteiger partial charge in [0.1, 0.15) is 6.04 Å². The molecule has 2 aromatic rings. The van der Waals surface area contributed by atoms with Crippen LogP contribution < -0.4 is 11.1 Å². The fourth-order valence-electron chi connectivity index (χ4n) is 2.75. The molecule has 1 aromatic heterocycles. The van der Waals surface area contributed by atoms with Crippen LogP contribution in [-0.2, 0) is 11.3 Å². The number of aromatic nitrogens is 2. The van der Waals surface area contributed by atoms with Crippen molar-refractivity contribution in [2.45, 2.75) is 52.6 Å². The van der Waals surface area contributed by atoms with Crippen LogP contribution in [0.1, 0.15) is 50.5 Å². The van der Waals surface area contributed by atoms with Crippen molar-refractivity contribution in [1.29, 1.82) is 0 Å². The Kier molecular flexibility index (Phi) is 5.95. The van der Waals surface area contributed by atoms with Gasteiger partial charge in [-0.25, -0.2) is 0 Å². The predicted octanol–water partition coefficient (Wildman–Crippen LogP) is 2.47. The van der Waals surface area contributed by atoms with Crippen molar-refractivity contribution < 1.29 is 9.59 Å². The number of carbonyl (C=O) groups is 2. The second-order valence-electron chi connectivity index (χ2n) is 6.39. The van der Waals surface area contributed by atoms with Crippen molar-refractivity contribution in [2.75, 3.05) is 0 Å². The molecule has 0 saturated heterocycles. The highest BCUT2D eigenvalue weighted by molar-refractivity contribution is 6.06. The van der Waals surface area contributed by atoms with Crippen LogP contribution in [0.2, 0.25) is 0 Å². The molecule has 1 aromatic carbocycles. The lowest BCUT2D eigenvalue weighted by Gasteiger charge is -2.18. The van der Waals surface area contributed by atoms with Crippen LogP contribution >= 0.6 is 0 Å². The second kappa shape index (κ2) is 7.95. The zero-order chi connectivity index (χ0) is 17.7. The minimum absolute atomic E-state index is 0.0793. The fourth-order valence-corrected chi connectivity index (χ4v) is 2.75. The summed E-state index contributed by atoms with van der Waals surface area (Å²) in [6.07, 6.45) is 3.26. The lowest BCUT2D eigenvalue weighted by molar-refractivity contribution is -0.120. The molecule has 1 heterocycles. The molecule has 2 amide bonds. The van der Waals surface area contributed by atoms with Crippen molar-refractivity contribution in [3.63, 3.8) is 0 Å². The third-order valence-corrected chi connectivity index (χ3v) is 4.11. The molecule has 2 rings (SSSR count). The van der Waals surface area contributed by atoms with Gasteiger partial charge >= 0.3 is 0 Å². The molecule has 1 atom stereocenters. The van der Waals surface area contributed by atoms with E-state index >= 15 is 0 Å². The first-order valence-corrected chi connectivity index (χ1v) is 8.51. The molecule has 0 aliphatic heterocycles. The molecule has 0 bridgehead atoms. The van der Waals surface area contributed by atoms with Gasteiger partial charge in [0.05, 0.1) is 5.52 Å². The number of nitrogens with one attached hydrogen (secondary N) is 1. The van der Waals surface area contributed by atoms with E-state index in [4.69, 9.17) is 5.73 Å². The first kappa shape index (κ1) is 18.0. The third-order valence-electron chi connectivity index (χ3n) is 4.11. The Bertz CT molecular complexity index is 721. The van der Waals surface area contributed by atoms with Crippen LogP contribution in [0.5, 0.6) is 0 Å². The summed E-state index contributed by atoms with van der Waals surface area (Å²) in [5.41, 5.74) is 6.65. The number of primary amides is 1. The monoisotopic (exact) mass is 330 g/mol. The molecule has 24 heavy (non-hydrogen) atoms. The Morgan fingerprint density at radius 3 is 2.58 bits per heavy atom. The van der Waals surface area contributed by atoms with Gasteiger partial charge in [0.2, 0.25) is 5.91 Å². The fraction of sp³-hybridized carbons (Fsp3) is 0.500. The Labute approximate surface area is 142 Å². The maximum Gasteiger partial charge on any atom is 0.273 e. The lowest BCUT2D eigenvalue weighted by Crippen LogP contribution is -2.47. The molecule has 130 valence electrons. The first-order chi connectivity index (χ1) is 11.5. The first-order valence-electron chi connectivity index (χ1n) is 8.51. The van der Waals surface area contributed by atoms with Crippen LogP contribution in [0.25, 0.3) is 10.9 Å². The summed E-state index contributed by atoms with van der Waals surface area (Å²) >= 11 is 0. The number of nitrogens with zero attached hydrogens (tertiary/aromatic N) is 2. The standard InChI is InChI=1S/C18H26N4O2/c1-4-5-8-11-22-14-10-7-6-9-13(14)16(21-22)18(24)20-15(12(2)3)17(19)23/h6-7,9-10,12,15H,4-5,8,11H2,1-3H3,(H2,19,23)(H,20,24). The van der Waals surface area contributed by atoms with Crippen molar-refractivity contribution in [3.05, 3.63) is 30.0 Å². The zero-order valence-electron chi connectivity index (χ0n) is 14.6. The van der Waals surface area contributed by atoms with Gasteiger partial charge in [0, 0.05) is 11.9 Å². The number of nitrogens with two attached hydrogens (primary N) is 1. The van der Waals surface area contributed by atoms with E-state index < -0.39 is 11.9 Å². The summed E-state index contributed by atoms with van der Waals surface area (Å²) in [6, 6.07) is 6.94. The Hall–Kier alpha value is -2.37. The highest BCUT2D eigenvalue weighted by Gasteiger charge is 2.25. The molecule has 0 aliphatic rings. The van der Waals surface area contributed by atoms with Gasteiger partial charge in [0.25, 0.3) is 5.91 Å². The summed E-state index contributed by atoms with van der Waals surface area (Å²) in [7, 11) is 0. The Morgan fingerprint density at radius 2 is 1.96 bits per heavy atom. The summed E-state index contributed by atoms with van der Waals surface area (Å²) in [5, 5.41) is 7.99. The zero-order valence-corrected chi connectivity index (χ0v) is 14.6. The Morgan fingerprint density at radius 1 is 1.25 bits per heavy atom. The highest BCUT2D eigenvalue weighted by Crippen LogP contribution is 2.19. The van der Waals surface area contributed by atoms with Gasteiger partial charge < -0.3 is 11.1 Å².